The molecule has 1 fully saturated rings. The maximum absolute atomic E-state index is 6.00. The molecule has 2 aromatic rings. The molecule has 4 heteroatoms. The zero-order valence-electron chi connectivity index (χ0n) is 11.9. The highest BCUT2D eigenvalue weighted by Gasteiger charge is 2.31. The predicted octanol–water partition coefficient (Wildman–Crippen LogP) is 3.84. The van der Waals surface area contributed by atoms with Gasteiger partial charge in [0.1, 0.15) is 5.75 Å². The Balaban J connectivity index is 2.01. The monoisotopic (exact) mass is 272 g/mol. The van der Waals surface area contributed by atoms with Crippen LogP contribution in [0, 0.1) is 5.92 Å². The fourth-order valence-corrected chi connectivity index (χ4v) is 3.17. The molecule has 2 atom stereocenters. The lowest BCUT2D eigenvalue weighted by Gasteiger charge is -2.14. The van der Waals surface area contributed by atoms with E-state index in [4.69, 9.17) is 15.0 Å². The van der Waals surface area contributed by atoms with E-state index in [0.29, 0.717) is 17.7 Å². The van der Waals surface area contributed by atoms with E-state index in [1.807, 2.05) is 24.3 Å². The van der Waals surface area contributed by atoms with Crippen molar-refractivity contribution in [2.24, 2.45) is 5.92 Å². The lowest BCUT2D eigenvalue weighted by Crippen LogP contribution is -2.04. The Morgan fingerprint density at radius 2 is 2.00 bits per heavy atom. The highest BCUT2D eigenvalue weighted by molar-refractivity contribution is 5.76. The van der Waals surface area contributed by atoms with Gasteiger partial charge in [0.05, 0.1) is 18.4 Å². The van der Waals surface area contributed by atoms with Crippen LogP contribution in [0.5, 0.6) is 5.75 Å². The zero-order valence-corrected chi connectivity index (χ0v) is 11.9. The van der Waals surface area contributed by atoms with Gasteiger partial charge in [-0.3, -0.25) is 0 Å². The number of benzene rings is 1. The van der Waals surface area contributed by atoms with Crippen LogP contribution in [-0.4, -0.2) is 12.3 Å². The molecule has 1 saturated carbocycles. The summed E-state index contributed by atoms with van der Waals surface area (Å²) in [5.41, 5.74) is 9.00. The van der Waals surface area contributed by atoms with Gasteiger partial charge in [-0.1, -0.05) is 37.1 Å². The first-order valence-corrected chi connectivity index (χ1v) is 7.10. The largest absolute Gasteiger partial charge is 0.497 e. The molecule has 2 N–H and O–H groups in total. The molecule has 2 unspecified atom stereocenters. The highest BCUT2D eigenvalue weighted by Crippen LogP contribution is 2.44. The molecule has 20 heavy (non-hydrogen) atoms. The second kappa shape index (κ2) is 5.19. The number of hydrogen-bond donors (Lipinski definition) is 1. The van der Waals surface area contributed by atoms with E-state index >= 15 is 0 Å². The summed E-state index contributed by atoms with van der Waals surface area (Å²) in [6.45, 7) is 2.28. The minimum Gasteiger partial charge on any atom is -0.497 e. The van der Waals surface area contributed by atoms with Crippen molar-refractivity contribution in [1.29, 1.82) is 0 Å². The summed E-state index contributed by atoms with van der Waals surface area (Å²) in [6, 6.07) is 7.88. The number of ether oxygens (including phenoxy) is 1. The molecule has 1 aliphatic carbocycles. The Morgan fingerprint density at radius 1 is 1.25 bits per heavy atom. The smallest absolute Gasteiger partial charge is 0.230 e. The third-order valence-electron chi connectivity index (χ3n) is 4.34. The van der Waals surface area contributed by atoms with Gasteiger partial charge in [-0.2, -0.15) is 0 Å². The quantitative estimate of drug-likeness (QED) is 0.922. The third kappa shape index (κ3) is 2.15. The third-order valence-corrected chi connectivity index (χ3v) is 4.34. The van der Waals surface area contributed by atoms with Crippen LogP contribution in [0.4, 0.5) is 5.88 Å². The normalized spacial score (nSPS) is 22.1. The lowest BCUT2D eigenvalue weighted by molar-refractivity contribution is 0.407. The van der Waals surface area contributed by atoms with Gasteiger partial charge < -0.3 is 15.0 Å². The summed E-state index contributed by atoms with van der Waals surface area (Å²) in [6.07, 6.45) is 3.66. The van der Waals surface area contributed by atoms with E-state index < -0.39 is 0 Å². The van der Waals surface area contributed by atoms with E-state index in [1.165, 1.54) is 12.8 Å². The summed E-state index contributed by atoms with van der Waals surface area (Å²) in [5.74, 6) is 2.33. The maximum atomic E-state index is 6.00. The van der Waals surface area contributed by atoms with Gasteiger partial charge in [-0.25, -0.2) is 0 Å². The summed E-state index contributed by atoms with van der Waals surface area (Å²) in [5, 5.41) is 4.24. The van der Waals surface area contributed by atoms with Crippen LogP contribution in [-0.2, 0) is 0 Å². The summed E-state index contributed by atoms with van der Waals surface area (Å²) in [4.78, 5) is 0. The molecule has 1 aromatic carbocycles. The molecule has 1 aliphatic rings. The molecule has 0 spiro atoms. The predicted molar refractivity (Wildman–Crippen MR) is 78.7 cm³/mol. The number of nitrogens with two attached hydrogens (primary N) is 1. The van der Waals surface area contributed by atoms with Crippen LogP contribution >= 0.6 is 0 Å². The minimum absolute atomic E-state index is 0.407. The first-order chi connectivity index (χ1) is 9.70. The Morgan fingerprint density at radius 3 is 2.60 bits per heavy atom. The molecule has 0 aliphatic heterocycles. The zero-order chi connectivity index (χ0) is 14.1. The van der Waals surface area contributed by atoms with Crippen LogP contribution in [0.25, 0.3) is 11.1 Å². The molecule has 1 heterocycles. The van der Waals surface area contributed by atoms with Gasteiger partial charge in [-0.15, -0.1) is 0 Å². The number of hydrogen-bond acceptors (Lipinski definition) is 4. The summed E-state index contributed by atoms with van der Waals surface area (Å²) < 4.78 is 10.5. The molecule has 0 radical (unpaired) electrons. The van der Waals surface area contributed by atoms with Crippen LogP contribution in [0.2, 0.25) is 0 Å². The molecular formula is C16H20N2O2. The Labute approximate surface area is 118 Å². The van der Waals surface area contributed by atoms with Gasteiger partial charge in [0.25, 0.3) is 0 Å². The average Bonchev–Trinajstić information content (AvgIpc) is 3.05. The van der Waals surface area contributed by atoms with Crippen LogP contribution in [0.1, 0.15) is 37.8 Å². The van der Waals surface area contributed by atoms with Crippen molar-refractivity contribution < 1.29 is 9.26 Å². The molecule has 0 bridgehead atoms. The molecule has 4 nitrogen and oxygen atoms in total. The summed E-state index contributed by atoms with van der Waals surface area (Å²) in [7, 11) is 1.66. The van der Waals surface area contributed by atoms with Gasteiger partial charge in [-0.05, 0) is 30.0 Å². The SMILES string of the molecule is COc1ccc(-c2c(C3CCCC3C)noc2N)cc1. The number of methoxy groups -OCH3 is 1. The Bertz CT molecular complexity index is 589. The number of anilines is 1. The van der Waals surface area contributed by atoms with E-state index in [9.17, 15) is 0 Å². The van der Waals surface area contributed by atoms with Crippen molar-refractivity contribution in [3.8, 4) is 16.9 Å². The minimum atomic E-state index is 0.407. The van der Waals surface area contributed by atoms with Crippen molar-refractivity contribution in [2.45, 2.75) is 32.1 Å². The van der Waals surface area contributed by atoms with E-state index in [0.717, 1.165) is 29.0 Å². The second-order valence-electron chi connectivity index (χ2n) is 5.55. The summed E-state index contributed by atoms with van der Waals surface area (Å²) >= 11 is 0. The Hall–Kier alpha value is -1.97. The fourth-order valence-electron chi connectivity index (χ4n) is 3.17. The molecule has 1 aromatic heterocycles. The average molecular weight is 272 g/mol. The number of nitrogen functional groups attached to an aromatic ring is 1. The standard InChI is InChI=1S/C16H20N2O2/c1-10-4-3-5-13(10)15-14(16(17)20-18-15)11-6-8-12(19-2)9-7-11/h6-10,13H,3-5,17H2,1-2H3. The van der Waals surface area contributed by atoms with Crippen molar-refractivity contribution in [3.63, 3.8) is 0 Å². The maximum Gasteiger partial charge on any atom is 0.230 e. The molecule has 106 valence electrons. The molecule has 0 saturated heterocycles. The molecule has 3 rings (SSSR count). The van der Waals surface area contributed by atoms with E-state index in [1.54, 1.807) is 7.11 Å². The van der Waals surface area contributed by atoms with E-state index in [2.05, 4.69) is 12.1 Å². The first kappa shape index (κ1) is 13.0. The van der Waals surface area contributed by atoms with Crippen LogP contribution in [0.3, 0.4) is 0 Å². The first-order valence-electron chi connectivity index (χ1n) is 7.10. The van der Waals surface area contributed by atoms with Crippen LogP contribution < -0.4 is 10.5 Å². The molecule has 0 amide bonds. The highest BCUT2D eigenvalue weighted by atomic mass is 16.5. The van der Waals surface area contributed by atoms with Crippen molar-refractivity contribution >= 4 is 5.88 Å². The second-order valence-corrected chi connectivity index (χ2v) is 5.55. The van der Waals surface area contributed by atoms with Crippen LogP contribution in [0.15, 0.2) is 28.8 Å². The Kier molecular flexibility index (Phi) is 3.38. The van der Waals surface area contributed by atoms with Gasteiger partial charge in [0.15, 0.2) is 0 Å². The number of nitrogens with zero attached hydrogens (tertiary/aromatic N) is 1. The van der Waals surface area contributed by atoms with Crippen molar-refractivity contribution in [1.82, 2.24) is 5.16 Å². The topological polar surface area (TPSA) is 61.3 Å². The van der Waals surface area contributed by atoms with E-state index in [-0.39, 0.29) is 0 Å². The lowest BCUT2D eigenvalue weighted by atomic mass is 9.90. The number of rotatable bonds is 3. The van der Waals surface area contributed by atoms with Crippen molar-refractivity contribution in [3.05, 3.63) is 30.0 Å². The van der Waals surface area contributed by atoms with Crippen molar-refractivity contribution in [2.75, 3.05) is 12.8 Å². The fraction of sp³-hybridized carbons (Fsp3) is 0.438. The number of aromatic nitrogens is 1. The van der Waals surface area contributed by atoms with Gasteiger partial charge >= 0.3 is 0 Å². The molecular weight excluding hydrogens is 252 g/mol. The van der Waals surface area contributed by atoms with Gasteiger partial charge in [0, 0.05) is 5.92 Å². The van der Waals surface area contributed by atoms with Gasteiger partial charge in [0.2, 0.25) is 5.88 Å².